The highest BCUT2D eigenvalue weighted by Crippen LogP contribution is 1.59. The summed E-state index contributed by atoms with van der Waals surface area (Å²) in [5.74, 6) is 4.09. The average molecular weight is 127 g/mol. The maximum atomic E-state index is 9.68. The highest BCUT2D eigenvalue weighted by Gasteiger charge is 1.81. The quantitative estimate of drug-likeness (QED) is 0.362. The molecule has 0 radical (unpaired) electrons. The lowest BCUT2D eigenvalue weighted by Gasteiger charge is -1.90. The van der Waals surface area contributed by atoms with Crippen LogP contribution in [0.5, 0.6) is 0 Å². The zero-order chi connectivity index (χ0) is 4.99. The number of carbonyl (C=O) groups excluding carboxylic acids is 1. The van der Waals surface area contributed by atoms with E-state index in [4.69, 9.17) is 0 Å². The van der Waals surface area contributed by atoms with E-state index in [2.05, 4.69) is 10.7 Å². The number of hydrazine groups is 1. The van der Waals surface area contributed by atoms with Crippen LogP contribution >= 0.6 is 12.4 Å². The maximum absolute atomic E-state index is 9.68. The van der Waals surface area contributed by atoms with Crippen LogP contribution in [-0.4, -0.2) is 5.97 Å². The third-order valence-electron chi connectivity index (χ3n) is 0.203. The van der Waals surface area contributed by atoms with E-state index in [-0.39, 0.29) is 12.4 Å². The molecule has 0 saturated carbocycles. The first-order chi connectivity index (χ1) is 2.77. The van der Waals surface area contributed by atoms with E-state index in [1.165, 1.54) is 6.92 Å². The van der Waals surface area contributed by atoms with Crippen molar-refractivity contribution in [3.63, 3.8) is 0 Å². The molecule has 0 aromatic carbocycles. The molecule has 0 heterocycles. The Labute approximate surface area is 47.3 Å². The summed E-state index contributed by atoms with van der Waals surface area (Å²) < 4.78 is 0. The van der Waals surface area contributed by atoms with Crippen LogP contribution in [0.15, 0.2) is 0 Å². The minimum absolute atomic E-state index is 0. The van der Waals surface area contributed by atoms with E-state index in [0.717, 1.165) is 0 Å². The predicted molar refractivity (Wildman–Crippen MR) is 26.3 cm³/mol. The molecule has 0 saturated heterocycles. The van der Waals surface area contributed by atoms with Crippen LogP contribution in [0, 0.1) is 0 Å². The Kier molecular flexibility index (Phi) is 7.98. The van der Waals surface area contributed by atoms with Gasteiger partial charge in [0.25, 0.3) is 0 Å². The van der Waals surface area contributed by atoms with Crippen LogP contribution in [0.25, 0.3) is 0 Å². The van der Waals surface area contributed by atoms with Gasteiger partial charge in [0.1, 0.15) is 0 Å². The summed E-state index contributed by atoms with van der Waals surface area (Å²) in [7, 11) is 0. The van der Waals surface area contributed by atoms with Crippen LogP contribution in [-0.2, 0) is 9.63 Å². The molecule has 44 valence electrons. The molecule has 0 rings (SSSR count). The molecule has 0 amide bonds. The first-order valence-corrected chi connectivity index (χ1v) is 1.40. The second-order valence-corrected chi connectivity index (χ2v) is 0.711. The van der Waals surface area contributed by atoms with Crippen molar-refractivity contribution in [1.29, 1.82) is 0 Å². The molecule has 0 bridgehead atoms. The van der Waals surface area contributed by atoms with Crippen molar-refractivity contribution in [3.05, 3.63) is 0 Å². The van der Waals surface area contributed by atoms with Gasteiger partial charge in [-0.15, -0.1) is 12.4 Å². The molecule has 7 heavy (non-hydrogen) atoms. The summed E-state index contributed by atoms with van der Waals surface area (Å²) in [5, 5.41) is 0. The summed E-state index contributed by atoms with van der Waals surface area (Å²) in [5.41, 5.74) is 1.72. The van der Waals surface area contributed by atoms with Crippen molar-refractivity contribution >= 4 is 18.4 Å². The van der Waals surface area contributed by atoms with E-state index in [1.54, 1.807) is 5.59 Å². The van der Waals surface area contributed by atoms with Gasteiger partial charge in [0, 0.05) is 6.92 Å². The van der Waals surface area contributed by atoms with E-state index in [9.17, 15) is 4.79 Å². The molecule has 0 atom stereocenters. The number of halogens is 1. The SMILES string of the molecule is CC(=O)ONN.Cl. The first-order valence-electron chi connectivity index (χ1n) is 1.40. The van der Waals surface area contributed by atoms with Gasteiger partial charge in [-0.3, -0.25) is 4.79 Å². The highest BCUT2D eigenvalue weighted by molar-refractivity contribution is 5.85. The molecular weight excluding hydrogens is 119 g/mol. The molecular formula is C2H7ClN2O2. The van der Waals surface area contributed by atoms with Crippen molar-refractivity contribution in [2.24, 2.45) is 5.84 Å². The Morgan fingerprint density at radius 2 is 2.29 bits per heavy atom. The topological polar surface area (TPSA) is 64.3 Å². The molecule has 0 aliphatic rings. The van der Waals surface area contributed by atoms with Gasteiger partial charge in [0.2, 0.25) is 0 Å². The van der Waals surface area contributed by atoms with Gasteiger partial charge in [-0.05, 0) is 0 Å². The predicted octanol–water partition coefficient (Wildman–Crippen LogP) is -0.650. The van der Waals surface area contributed by atoms with E-state index in [1.807, 2.05) is 0 Å². The van der Waals surface area contributed by atoms with Crippen LogP contribution < -0.4 is 11.4 Å². The molecule has 0 aromatic rings. The van der Waals surface area contributed by atoms with Crippen molar-refractivity contribution in [1.82, 2.24) is 5.59 Å². The smallest absolute Gasteiger partial charge is 0.323 e. The molecule has 0 unspecified atom stereocenters. The molecule has 5 heteroatoms. The monoisotopic (exact) mass is 126 g/mol. The Balaban J connectivity index is 0. The van der Waals surface area contributed by atoms with Gasteiger partial charge in [-0.25, -0.2) is 5.84 Å². The molecule has 0 spiro atoms. The fraction of sp³-hybridized carbons (Fsp3) is 0.500. The fourth-order valence-corrected chi connectivity index (χ4v) is 0.0830. The molecule has 0 aromatic heterocycles. The Hall–Kier alpha value is -0.320. The van der Waals surface area contributed by atoms with E-state index >= 15 is 0 Å². The number of nitrogens with one attached hydrogen (secondary N) is 1. The first kappa shape index (κ1) is 9.84. The van der Waals surface area contributed by atoms with Crippen LogP contribution in [0.1, 0.15) is 6.92 Å². The Morgan fingerprint density at radius 1 is 1.86 bits per heavy atom. The summed E-state index contributed by atoms with van der Waals surface area (Å²) >= 11 is 0. The average Bonchev–Trinajstić information content (AvgIpc) is 1.35. The molecule has 3 N–H and O–H groups in total. The molecule has 4 nitrogen and oxygen atoms in total. The van der Waals surface area contributed by atoms with Crippen LogP contribution in [0.3, 0.4) is 0 Å². The molecule has 0 aliphatic heterocycles. The number of hydrogen-bond donors (Lipinski definition) is 2. The largest absolute Gasteiger partial charge is 0.356 e. The summed E-state index contributed by atoms with van der Waals surface area (Å²) in [6.45, 7) is 1.25. The van der Waals surface area contributed by atoms with Gasteiger partial charge in [-0.1, -0.05) is 5.59 Å². The summed E-state index contributed by atoms with van der Waals surface area (Å²) in [6.07, 6.45) is 0. The van der Waals surface area contributed by atoms with Gasteiger partial charge in [0.05, 0.1) is 0 Å². The second-order valence-electron chi connectivity index (χ2n) is 0.711. The van der Waals surface area contributed by atoms with Gasteiger partial charge in [-0.2, -0.15) is 0 Å². The third kappa shape index (κ3) is 10.7. The Morgan fingerprint density at radius 3 is 2.29 bits per heavy atom. The lowest BCUT2D eigenvalue weighted by molar-refractivity contribution is -0.148. The standard InChI is InChI=1S/C2H6N2O2.ClH/c1-2(5)6-4-3;/h4H,3H2,1H3;1H. The normalized spacial score (nSPS) is 6.57. The molecule has 0 fully saturated rings. The number of carbonyl (C=O) groups is 1. The minimum Gasteiger partial charge on any atom is -0.356 e. The summed E-state index contributed by atoms with van der Waals surface area (Å²) in [6, 6.07) is 0. The van der Waals surface area contributed by atoms with Crippen molar-refractivity contribution in [2.75, 3.05) is 0 Å². The summed E-state index contributed by atoms with van der Waals surface area (Å²) in [4.78, 5) is 13.6. The van der Waals surface area contributed by atoms with Crippen LogP contribution in [0.4, 0.5) is 0 Å². The van der Waals surface area contributed by atoms with E-state index < -0.39 is 5.97 Å². The third-order valence-corrected chi connectivity index (χ3v) is 0.203. The van der Waals surface area contributed by atoms with Crippen molar-refractivity contribution < 1.29 is 9.63 Å². The van der Waals surface area contributed by atoms with Crippen molar-refractivity contribution in [2.45, 2.75) is 6.92 Å². The minimum atomic E-state index is -0.447. The number of nitrogens with two attached hydrogens (primary N) is 1. The number of hydrogen-bond acceptors (Lipinski definition) is 4. The van der Waals surface area contributed by atoms with E-state index in [0.29, 0.717) is 0 Å². The van der Waals surface area contributed by atoms with Gasteiger partial charge in [0.15, 0.2) is 0 Å². The Bertz CT molecular complexity index is 57.7. The lowest BCUT2D eigenvalue weighted by Crippen LogP contribution is -2.24. The van der Waals surface area contributed by atoms with Crippen molar-refractivity contribution in [3.8, 4) is 0 Å². The zero-order valence-electron chi connectivity index (χ0n) is 3.80. The fourth-order valence-electron chi connectivity index (χ4n) is 0.0830. The maximum Gasteiger partial charge on any atom is 0.323 e. The second kappa shape index (κ2) is 5.68. The number of rotatable bonds is 1. The van der Waals surface area contributed by atoms with Gasteiger partial charge < -0.3 is 4.84 Å². The van der Waals surface area contributed by atoms with Crippen LogP contribution in [0.2, 0.25) is 0 Å². The zero-order valence-corrected chi connectivity index (χ0v) is 4.62. The lowest BCUT2D eigenvalue weighted by atomic mass is 10.8. The molecule has 0 aliphatic carbocycles. The highest BCUT2D eigenvalue weighted by atomic mass is 35.5. The van der Waals surface area contributed by atoms with Gasteiger partial charge >= 0.3 is 5.97 Å².